The lowest BCUT2D eigenvalue weighted by Gasteiger charge is -2.23. The summed E-state index contributed by atoms with van der Waals surface area (Å²) in [5.74, 6) is -2.10. The maximum Gasteiger partial charge on any atom is 0.308 e. The van der Waals surface area contributed by atoms with Crippen molar-refractivity contribution in [3.05, 3.63) is 39.9 Å². The summed E-state index contributed by atoms with van der Waals surface area (Å²) in [4.78, 5) is 46.7. The molecule has 0 spiro atoms. The summed E-state index contributed by atoms with van der Waals surface area (Å²) < 4.78 is 0. The zero-order valence-electron chi connectivity index (χ0n) is 13.7. The summed E-state index contributed by atoms with van der Waals surface area (Å²) in [5.41, 5.74) is 0.154. The Morgan fingerprint density at radius 3 is 2.48 bits per heavy atom. The third-order valence-corrected chi connectivity index (χ3v) is 4.36. The maximum absolute atomic E-state index is 12.2. The van der Waals surface area contributed by atoms with Gasteiger partial charge in [-0.05, 0) is 25.5 Å². The Labute approximate surface area is 143 Å². The second-order valence-corrected chi connectivity index (χ2v) is 5.87. The highest BCUT2D eigenvalue weighted by Crippen LogP contribution is 2.24. The molecule has 0 aromatic heterocycles. The number of non-ortho nitro benzene ring substituents is 1. The Bertz CT molecular complexity index is 688. The van der Waals surface area contributed by atoms with E-state index in [1.54, 1.807) is 6.92 Å². The van der Waals surface area contributed by atoms with Gasteiger partial charge in [0.25, 0.3) is 11.6 Å². The van der Waals surface area contributed by atoms with Crippen LogP contribution < -0.4 is 5.32 Å². The first-order chi connectivity index (χ1) is 11.8. The normalized spacial score (nSPS) is 19.5. The summed E-state index contributed by atoms with van der Waals surface area (Å²) in [7, 11) is 0. The monoisotopic (exact) mass is 349 g/mol. The van der Waals surface area contributed by atoms with Crippen LogP contribution in [0, 0.1) is 16.0 Å². The predicted octanol–water partition coefficient (Wildman–Crippen LogP) is 1.04. The zero-order valence-corrected chi connectivity index (χ0v) is 13.7. The highest BCUT2D eigenvalue weighted by molar-refractivity contribution is 5.94. The van der Waals surface area contributed by atoms with Crippen LogP contribution in [0.3, 0.4) is 0 Å². The predicted molar refractivity (Wildman–Crippen MR) is 87.0 cm³/mol. The molecule has 25 heavy (non-hydrogen) atoms. The van der Waals surface area contributed by atoms with Crippen LogP contribution in [0.15, 0.2) is 24.3 Å². The van der Waals surface area contributed by atoms with Gasteiger partial charge in [-0.2, -0.15) is 0 Å². The van der Waals surface area contributed by atoms with Crippen molar-refractivity contribution in [1.82, 2.24) is 10.2 Å². The first-order valence-corrected chi connectivity index (χ1v) is 7.86. The molecule has 2 amide bonds. The summed E-state index contributed by atoms with van der Waals surface area (Å²) in [5, 5.41) is 22.2. The number of carbonyl (C=O) groups is 3. The van der Waals surface area contributed by atoms with Gasteiger partial charge in [0.05, 0.1) is 10.8 Å². The highest BCUT2D eigenvalue weighted by atomic mass is 16.6. The number of benzene rings is 1. The summed E-state index contributed by atoms with van der Waals surface area (Å²) >= 11 is 0. The molecule has 2 rings (SSSR count). The maximum atomic E-state index is 12.2. The smallest absolute Gasteiger partial charge is 0.308 e. The molecule has 2 atom stereocenters. The second kappa shape index (κ2) is 7.73. The number of likely N-dealkylation sites (tertiary alicyclic amines) is 1. The van der Waals surface area contributed by atoms with Crippen LogP contribution in [0.1, 0.15) is 30.1 Å². The molecule has 2 unspecified atom stereocenters. The molecule has 0 aliphatic carbocycles. The lowest BCUT2D eigenvalue weighted by molar-refractivity contribution is -0.384. The molecular weight excluding hydrogens is 330 g/mol. The highest BCUT2D eigenvalue weighted by Gasteiger charge is 2.37. The van der Waals surface area contributed by atoms with Crippen molar-refractivity contribution in [3.63, 3.8) is 0 Å². The number of aliphatic carboxylic acids is 1. The van der Waals surface area contributed by atoms with E-state index in [0.29, 0.717) is 13.0 Å². The fraction of sp³-hybridized carbons (Fsp3) is 0.438. The number of nitrogens with one attached hydrogen (secondary N) is 1. The molecule has 0 bridgehead atoms. The van der Waals surface area contributed by atoms with Gasteiger partial charge >= 0.3 is 5.97 Å². The topological polar surface area (TPSA) is 130 Å². The number of amides is 2. The number of nitro groups is 1. The van der Waals surface area contributed by atoms with E-state index >= 15 is 0 Å². The quantitative estimate of drug-likeness (QED) is 0.583. The Morgan fingerprint density at radius 1 is 1.32 bits per heavy atom. The minimum absolute atomic E-state index is 0.0649. The molecule has 1 aromatic rings. The minimum Gasteiger partial charge on any atom is -0.481 e. The van der Waals surface area contributed by atoms with Gasteiger partial charge in [-0.15, -0.1) is 0 Å². The van der Waals surface area contributed by atoms with Gasteiger partial charge in [-0.25, -0.2) is 0 Å². The number of carboxylic acid groups (broad SMARTS) is 1. The number of hydrogen-bond donors (Lipinski definition) is 2. The molecule has 134 valence electrons. The summed E-state index contributed by atoms with van der Waals surface area (Å²) in [6, 6.07) is 4.79. The van der Waals surface area contributed by atoms with Crippen molar-refractivity contribution < 1.29 is 24.4 Å². The van der Waals surface area contributed by atoms with Crippen molar-refractivity contribution in [3.8, 4) is 0 Å². The lowest BCUT2D eigenvalue weighted by Crippen LogP contribution is -2.39. The average Bonchev–Trinajstić information content (AvgIpc) is 2.96. The molecule has 1 fully saturated rings. The van der Waals surface area contributed by atoms with Crippen LogP contribution in [0.4, 0.5) is 5.69 Å². The SMILES string of the molecule is CC1C(C(=O)O)CCN1C(=O)CCNC(=O)c1ccc([N+](=O)[O-])cc1. The van der Waals surface area contributed by atoms with E-state index in [1.165, 1.54) is 29.2 Å². The van der Waals surface area contributed by atoms with E-state index in [9.17, 15) is 24.5 Å². The van der Waals surface area contributed by atoms with Crippen molar-refractivity contribution in [2.75, 3.05) is 13.1 Å². The number of nitrogens with zero attached hydrogens (tertiary/aromatic N) is 2. The van der Waals surface area contributed by atoms with E-state index < -0.39 is 22.7 Å². The number of rotatable bonds is 6. The van der Waals surface area contributed by atoms with Crippen LogP contribution in [0.25, 0.3) is 0 Å². The minimum atomic E-state index is -0.908. The van der Waals surface area contributed by atoms with Gasteiger partial charge in [0.1, 0.15) is 0 Å². The fourth-order valence-electron chi connectivity index (χ4n) is 2.89. The van der Waals surface area contributed by atoms with Crippen molar-refractivity contribution in [1.29, 1.82) is 0 Å². The third-order valence-electron chi connectivity index (χ3n) is 4.36. The van der Waals surface area contributed by atoms with E-state index in [-0.39, 0.29) is 36.2 Å². The summed E-state index contributed by atoms with van der Waals surface area (Å²) in [6.07, 6.45) is 0.493. The van der Waals surface area contributed by atoms with E-state index in [2.05, 4.69) is 5.32 Å². The lowest BCUT2D eigenvalue weighted by atomic mass is 10.0. The van der Waals surface area contributed by atoms with Crippen LogP contribution in [0.2, 0.25) is 0 Å². The van der Waals surface area contributed by atoms with Crippen LogP contribution >= 0.6 is 0 Å². The van der Waals surface area contributed by atoms with Gasteiger partial charge < -0.3 is 15.3 Å². The largest absolute Gasteiger partial charge is 0.481 e. The Balaban J connectivity index is 1.82. The Hall–Kier alpha value is -2.97. The third kappa shape index (κ3) is 4.31. The first kappa shape index (κ1) is 18.4. The standard InChI is InChI=1S/C16H19N3O6/c1-10-13(16(22)23)7-9-18(10)14(20)6-8-17-15(21)11-2-4-12(5-3-11)19(24)25/h2-5,10,13H,6-9H2,1H3,(H,17,21)(H,22,23). The van der Waals surface area contributed by atoms with Gasteiger partial charge in [0.2, 0.25) is 5.91 Å². The molecular formula is C16H19N3O6. The molecule has 0 saturated carbocycles. The molecule has 1 aromatic carbocycles. The molecule has 9 nitrogen and oxygen atoms in total. The van der Waals surface area contributed by atoms with Crippen LogP contribution in [-0.4, -0.2) is 51.8 Å². The van der Waals surface area contributed by atoms with Crippen molar-refractivity contribution in [2.45, 2.75) is 25.8 Å². The number of hydrogen-bond acceptors (Lipinski definition) is 5. The van der Waals surface area contributed by atoms with Crippen molar-refractivity contribution in [2.24, 2.45) is 5.92 Å². The van der Waals surface area contributed by atoms with Crippen molar-refractivity contribution >= 4 is 23.5 Å². The molecule has 1 heterocycles. The van der Waals surface area contributed by atoms with Crippen LogP contribution in [-0.2, 0) is 9.59 Å². The Morgan fingerprint density at radius 2 is 1.96 bits per heavy atom. The first-order valence-electron chi connectivity index (χ1n) is 7.86. The molecule has 9 heteroatoms. The molecule has 1 saturated heterocycles. The van der Waals surface area contributed by atoms with Gasteiger partial charge in [0.15, 0.2) is 0 Å². The van der Waals surface area contributed by atoms with Gasteiger partial charge in [0, 0.05) is 43.2 Å². The van der Waals surface area contributed by atoms with Gasteiger partial charge in [-0.3, -0.25) is 24.5 Å². The van der Waals surface area contributed by atoms with Gasteiger partial charge in [-0.1, -0.05) is 0 Å². The van der Waals surface area contributed by atoms with E-state index in [1.807, 2.05) is 0 Å². The average molecular weight is 349 g/mol. The molecule has 0 radical (unpaired) electrons. The number of carboxylic acids is 1. The van der Waals surface area contributed by atoms with E-state index in [4.69, 9.17) is 5.11 Å². The molecule has 1 aliphatic heterocycles. The van der Waals surface area contributed by atoms with Crippen LogP contribution in [0.5, 0.6) is 0 Å². The number of nitro benzene ring substituents is 1. The number of carbonyl (C=O) groups excluding carboxylic acids is 2. The van der Waals surface area contributed by atoms with E-state index in [0.717, 1.165) is 0 Å². The fourth-order valence-corrected chi connectivity index (χ4v) is 2.89. The zero-order chi connectivity index (χ0) is 18.6. The molecule has 2 N–H and O–H groups in total. The molecule has 1 aliphatic rings. The Kier molecular flexibility index (Phi) is 5.68. The second-order valence-electron chi connectivity index (χ2n) is 5.87. The summed E-state index contributed by atoms with van der Waals surface area (Å²) in [6.45, 7) is 2.21.